The lowest BCUT2D eigenvalue weighted by Crippen LogP contribution is -2.10. The van der Waals surface area contributed by atoms with Crippen molar-refractivity contribution in [3.63, 3.8) is 0 Å². The van der Waals surface area contributed by atoms with Crippen LogP contribution in [0.3, 0.4) is 0 Å². The minimum atomic E-state index is -0.304. The van der Waals surface area contributed by atoms with Crippen molar-refractivity contribution in [2.24, 2.45) is 0 Å². The molecule has 0 aliphatic heterocycles. The van der Waals surface area contributed by atoms with Crippen molar-refractivity contribution in [3.8, 4) is 5.75 Å². The molecule has 0 fully saturated rings. The molecule has 1 atom stereocenters. The molecular formula is C14H14ClFN2O. The SMILES string of the molecule is COc1cccc(F)c1C(C)Nc1ccc(Cl)nc1. The molecule has 0 saturated heterocycles. The summed E-state index contributed by atoms with van der Waals surface area (Å²) in [6.45, 7) is 1.86. The standard InChI is InChI=1S/C14H14ClFN2O/c1-9(18-10-6-7-13(15)17-8-10)14-11(16)4-3-5-12(14)19-2/h3-9,18H,1-2H3. The van der Waals surface area contributed by atoms with Crippen molar-refractivity contribution < 1.29 is 9.13 Å². The fraction of sp³-hybridized carbons (Fsp3) is 0.214. The van der Waals surface area contributed by atoms with Gasteiger partial charge in [-0.3, -0.25) is 0 Å². The van der Waals surface area contributed by atoms with E-state index in [-0.39, 0.29) is 11.9 Å². The van der Waals surface area contributed by atoms with E-state index < -0.39 is 0 Å². The fourth-order valence-electron chi connectivity index (χ4n) is 1.90. The number of anilines is 1. The second-order valence-corrected chi connectivity index (χ2v) is 4.48. The van der Waals surface area contributed by atoms with Crippen LogP contribution in [0.5, 0.6) is 5.75 Å². The van der Waals surface area contributed by atoms with E-state index in [4.69, 9.17) is 16.3 Å². The third kappa shape index (κ3) is 3.15. The number of methoxy groups -OCH3 is 1. The molecule has 0 amide bonds. The number of ether oxygens (including phenoxy) is 1. The van der Waals surface area contributed by atoms with Gasteiger partial charge in [-0.2, -0.15) is 0 Å². The van der Waals surface area contributed by atoms with Crippen LogP contribution in [0.15, 0.2) is 36.5 Å². The van der Waals surface area contributed by atoms with Crippen LogP contribution in [0.4, 0.5) is 10.1 Å². The summed E-state index contributed by atoms with van der Waals surface area (Å²) >= 11 is 5.72. The van der Waals surface area contributed by atoms with E-state index in [9.17, 15) is 4.39 Å². The molecule has 0 spiro atoms. The third-order valence-corrected chi connectivity index (χ3v) is 3.00. The number of hydrogen-bond acceptors (Lipinski definition) is 3. The van der Waals surface area contributed by atoms with E-state index in [0.717, 1.165) is 5.69 Å². The van der Waals surface area contributed by atoms with Gasteiger partial charge >= 0.3 is 0 Å². The Balaban J connectivity index is 2.24. The van der Waals surface area contributed by atoms with E-state index >= 15 is 0 Å². The Morgan fingerprint density at radius 3 is 2.74 bits per heavy atom. The summed E-state index contributed by atoms with van der Waals surface area (Å²) in [5, 5.41) is 3.58. The summed E-state index contributed by atoms with van der Waals surface area (Å²) in [5.74, 6) is 0.211. The van der Waals surface area contributed by atoms with Gasteiger partial charge in [0.2, 0.25) is 0 Å². The van der Waals surface area contributed by atoms with Gasteiger partial charge in [-0.25, -0.2) is 9.37 Å². The van der Waals surface area contributed by atoms with Crippen LogP contribution in [-0.4, -0.2) is 12.1 Å². The Kier molecular flexibility index (Phi) is 4.22. The first-order valence-electron chi connectivity index (χ1n) is 5.82. The maximum Gasteiger partial charge on any atom is 0.132 e. The summed E-state index contributed by atoms with van der Waals surface area (Å²) < 4.78 is 19.1. The fourth-order valence-corrected chi connectivity index (χ4v) is 2.01. The minimum absolute atomic E-state index is 0.251. The number of aromatic nitrogens is 1. The molecule has 2 aromatic rings. The number of nitrogens with one attached hydrogen (secondary N) is 1. The minimum Gasteiger partial charge on any atom is -0.496 e. The zero-order chi connectivity index (χ0) is 13.8. The van der Waals surface area contributed by atoms with E-state index in [1.165, 1.54) is 13.2 Å². The van der Waals surface area contributed by atoms with Crippen molar-refractivity contribution in [1.29, 1.82) is 0 Å². The predicted octanol–water partition coefficient (Wildman–Crippen LogP) is 4.06. The zero-order valence-corrected chi connectivity index (χ0v) is 11.4. The van der Waals surface area contributed by atoms with Crippen LogP contribution in [0, 0.1) is 5.82 Å². The molecule has 0 aliphatic rings. The van der Waals surface area contributed by atoms with E-state index in [1.54, 1.807) is 30.5 Å². The number of benzene rings is 1. The number of pyridine rings is 1. The molecule has 3 nitrogen and oxygen atoms in total. The second-order valence-electron chi connectivity index (χ2n) is 4.09. The summed E-state index contributed by atoms with van der Waals surface area (Å²) in [7, 11) is 1.52. The Morgan fingerprint density at radius 2 is 2.11 bits per heavy atom. The van der Waals surface area contributed by atoms with Gasteiger partial charge in [-0.05, 0) is 31.2 Å². The van der Waals surface area contributed by atoms with Crippen LogP contribution in [-0.2, 0) is 0 Å². The molecule has 1 aromatic heterocycles. The van der Waals surface area contributed by atoms with Crippen molar-refractivity contribution in [2.45, 2.75) is 13.0 Å². The summed E-state index contributed by atoms with van der Waals surface area (Å²) in [6.07, 6.45) is 1.60. The topological polar surface area (TPSA) is 34.1 Å². The Bertz CT molecular complexity index is 560. The highest BCUT2D eigenvalue weighted by Gasteiger charge is 2.16. The smallest absolute Gasteiger partial charge is 0.132 e. The van der Waals surface area contributed by atoms with Crippen LogP contribution >= 0.6 is 11.6 Å². The molecule has 1 heterocycles. The molecule has 1 N–H and O–H groups in total. The van der Waals surface area contributed by atoms with Gasteiger partial charge in [-0.15, -0.1) is 0 Å². The van der Waals surface area contributed by atoms with Crippen LogP contribution in [0.2, 0.25) is 5.15 Å². The normalized spacial score (nSPS) is 12.0. The summed E-state index contributed by atoms with van der Waals surface area (Å²) in [6, 6.07) is 7.98. The molecule has 100 valence electrons. The van der Waals surface area contributed by atoms with Crippen LogP contribution in [0.25, 0.3) is 0 Å². The highest BCUT2D eigenvalue weighted by atomic mass is 35.5. The Hall–Kier alpha value is -1.81. The number of halogens is 2. The van der Waals surface area contributed by atoms with Crippen molar-refractivity contribution >= 4 is 17.3 Å². The van der Waals surface area contributed by atoms with Crippen molar-refractivity contribution in [1.82, 2.24) is 4.98 Å². The van der Waals surface area contributed by atoms with Gasteiger partial charge in [0.1, 0.15) is 16.7 Å². The first-order chi connectivity index (χ1) is 9.11. The van der Waals surface area contributed by atoms with Crippen LogP contribution < -0.4 is 10.1 Å². The predicted molar refractivity (Wildman–Crippen MR) is 74.2 cm³/mol. The molecule has 19 heavy (non-hydrogen) atoms. The number of hydrogen-bond donors (Lipinski definition) is 1. The number of rotatable bonds is 4. The van der Waals surface area contributed by atoms with Gasteiger partial charge < -0.3 is 10.1 Å². The van der Waals surface area contributed by atoms with Crippen LogP contribution in [0.1, 0.15) is 18.5 Å². The van der Waals surface area contributed by atoms with Crippen molar-refractivity contribution in [2.75, 3.05) is 12.4 Å². The molecule has 0 radical (unpaired) electrons. The lowest BCUT2D eigenvalue weighted by molar-refractivity contribution is 0.402. The number of nitrogens with zero attached hydrogens (tertiary/aromatic N) is 1. The molecule has 0 aliphatic carbocycles. The molecule has 2 rings (SSSR count). The average Bonchev–Trinajstić information content (AvgIpc) is 2.40. The largest absolute Gasteiger partial charge is 0.496 e. The third-order valence-electron chi connectivity index (χ3n) is 2.78. The van der Waals surface area contributed by atoms with E-state index in [1.807, 2.05) is 6.92 Å². The highest BCUT2D eigenvalue weighted by molar-refractivity contribution is 6.29. The summed E-state index contributed by atoms with van der Waals surface area (Å²) in [4.78, 5) is 3.97. The lowest BCUT2D eigenvalue weighted by atomic mass is 10.1. The summed E-state index contributed by atoms with van der Waals surface area (Å²) in [5.41, 5.74) is 1.25. The highest BCUT2D eigenvalue weighted by Crippen LogP contribution is 2.30. The quantitative estimate of drug-likeness (QED) is 0.858. The first-order valence-corrected chi connectivity index (χ1v) is 6.20. The van der Waals surface area contributed by atoms with E-state index in [2.05, 4.69) is 10.3 Å². The van der Waals surface area contributed by atoms with Gasteiger partial charge in [-0.1, -0.05) is 17.7 Å². The maximum atomic E-state index is 13.9. The molecule has 1 unspecified atom stereocenters. The van der Waals surface area contributed by atoms with Gasteiger partial charge in [0.25, 0.3) is 0 Å². The van der Waals surface area contributed by atoms with Gasteiger partial charge in [0.15, 0.2) is 0 Å². The zero-order valence-electron chi connectivity index (χ0n) is 10.7. The molecule has 0 bridgehead atoms. The van der Waals surface area contributed by atoms with Gasteiger partial charge in [0.05, 0.1) is 30.6 Å². The molecule has 5 heteroatoms. The monoisotopic (exact) mass is 280 g/mol. The molecular weight excluding hydrogens is 267 g/mol. The Morgan fingerprint density at radius 1 is 1.32 bits per heavy atom. The second kappa shape index (κ2) is 5.89. The average molecular weight is 281 g/mol. The lowest BCUT2D eigenvalue weighted by Gasteiger charge is -2.18. The maximum absolute atomic E-state index is 13.9. The van der Waals surface area contributed by atoms with Crippen molar-refractivity contribution in [3.05, 3.63) is 53.1 Å². The molecule has 0 saturated carbocycles. The first kappa shape index (κ1) is 13.6. The molecule has 1 aromatic carbocycles. The Labute approximate surface area is 116 Å². The van der Waals surface area contributed by atoms with Gasteiger partial charge in [0, 0.05) is 0 Å². The van der Waals surface area contributed by atoms with E-state index in [0.29, 0.717) is 16.5 Å².